The minimum Gasteiger partial charge on any atom is -0.258 e. The van der Waals surface area contributed by atoms with Gasteiger partial charge < -0.3 is 0 Å². The van der Waals surface area contributed by atoms with Gasteiger partial charge in [0.2, 0.25) is 0 Å². The van der Waals surface area contributed by atoms with E-state index in [2.05, 4.69) is 6.07 Å². The first-order chi connectivity index (χ1) is 12.6. The van der Waals surface area contributed by atoms with Gasteiger partial charge in [-0.15, -0.1) is 0 Å². The molecule has 151 valence electrons. The maximum Gasteiger partial charge on any atom is 0.435 e. The van der Waals surface area contributed by atoms with Crippen molar-refractivity contribution in [2.45, 2.75) is 31.9 Å². The van der Waals surface area contributed by atoms with Gasteiger partial charge in [-0.2, -0.15) is 26.3 Å². The number of hydrogen-bond donors (Lipinski definition) is 0. The number of non-ortho nitro benzene ring substituents is 1. The Bertz CT molecular complexity index is 924. The average molecular weight is 429 g/mol. The van der Waals surface area contributed by atoms with E-state index in [0.717, 1.165) is 32.0 Å². The summed E-state index contributed by atoms with van der Waals surface area (Å²) in [7, 11) is 0. The molecule has 0 aliphatic carbocycles. The Balaban J connectivity index is 2.95. The van der Waals surface area contributed by atoms with Crippen LogP contribution in [0.3, 0.4) is 0 Å². The predicted octanol–water partition coefficient (Wildman–Crippen LogP) is 6.62. The van der Waals surface area contributed by atoms with E-state index in [9.17, 15) is 40.8 Å². The molecule has 0 atom stereocenters. The van der Waals surface area contributed by atoms with Gasteiger partial charge in [0, 0.05) is 23.3 Å². The second-order valence-electron chi connectivity index (χ2n) is 5.94. The lowest BCUT2D eigenvalue weighted by molar-refractivity contribution is -0.384. The Kier molecular flexibility index (Phi) is 5.41. The van der Waals surface area contributed by atoms with Crippen LogP contribution in [-0.2, 0) is 5.67 Å². The van der Waals surface area contributed by atoms with Crippen molar-refractivity contribution in [3.8, 4) is 11.1 Å². The van der Waals surface area contributed by atoms with Gasteiger partial charge in [-0.3, -0.25) is 10.1 Å². The van der Waals surface area contributed by atoms with Gasteiger partial charge in [0.25, 0.3) is 5.69 Å². The van der Waals surface area contributed by atoms with Gasteiger partial charge in [0.05, 0.1) is 9.95 Å². The number of nitro benzene ring substituents is 1. The molecule has 0 heterocycles. The molecule has 0 saturated heterocycles. The first kappa shape index (κ1) is 21.9. The minimum atomic E-state index is -6.33. The lowest BCUT2D eigenvalue weighted by Crippen LogP contribution is -2.50. The highest BCUT2D eigenvalue weighted by Crippen LogP contribution is 2.56. The average Bonchev–Trinajstić information content (AvgIpc) is 2.51. The van der Waals surface area contributed by atoms with Crippen LogP contribution in [0.4, 0.5) is 36.4 Å². The van der Waals surface area contributed by atoms with Gasteiger partial charge in [-0.05, 0) is 42.7 Å². The van der Waals surface area contributed by atoms with E-state index >= 15 is 0 Å². The van der Waals surface area contributed by atoms with Crippen LogP contribution in [0.2, 0.25) is 5.02 Å². The molecule has 2 rings (SSSR count). The summed E-state index contributed by atoms with van der Waals surface area (Å²) in [5, 5.41) is 10.3. The largest absolute Gasteiger partial charge is 0.435 e. The zero-order chi connectivity index (χ0) is 21.7. The highest BCUT2D eigenvalue weighted by atomic mass is 35.5. The molecule has 2 aromatic rings. The fourth-order valence-corrected chi connectivity index (χ4v) is 3.06. The zero-order valence-electron chi connectivity index (χ0n) is 14.1. The summed E-state index contributed by atoms with van der Waals surface area (Å²) in [5.74, 6) is 0. The van der Waals surface area contributed by atoms with Crippen molar-refractivity contribution in [1.29, 1.82) is 0 Å². The third-order valence-electron chi connectivity index (χ3n) is 3.98. The van der Waals surface area contributed by atoms with E-state index in [4.69, 9.17) is 11.6 Å². The topological polar surface area (TPSA) is 43.1 Å². The molecule has 0 fully saturated rings. The van der Waals surface area contributed by atoms with E-state index in [1.165, 1.54) is 0 Å². The van der Waals surface area contributed by atoms with Crippen molar-refractivity contribution in [2.75, 3.05) is 0 Å². The Morgan fingerprint density at radius 2 is 1.54 bits per heavy atom. The molecule has 0 aromatic heterocycles. The molecule has 0 unspecified atom stereocenters. The molecule has 1 radical (unpaired) electrons. The Hall–Kier alpha value is -2.36. The van der Waals surface area contributed by atoms with E-state index in [0.29, 0.717) is 6.07 Å². The quantitative estimate of drug-likeness (QED) is 0.313. The molecule has 0 aliphatic rings. The molecule has 0 aliphatic heterocycles. The van der Waals surface area contributed by atoms with E-state index < -0.39 is 50.3 Å². The smallest absolute Gasteiger partial charge is 0.258 e. The highest BCUT2D eigenvalue weighted by molar-refractivity contribution is 6.33. The summed E-state index contributed by atoms with van der Waals surface area (Å²) in [6.07, 6.45) is -12.7. The minimum absolute atomic E-state index is 0.162. The van der Waals surface area contributed by atoms with Gasteiger partial charge in [-0.25, -0.2) is 4.39 Å². The lowest BCUT2D eigenvalue weighted by Gasteiger charge is -2.33. The molecular weight excluding hydrogens is 419 g/mol. The van der Waals surface area contributed by atoms with Crippen LogP contribution < -0.4 is 0 Å². The number of aryl methyl sites for hydroxylation is 2. The molecule has 3 nitrogen and oxygen atoms in total. The summed E-state index contributed by atoms with van der Waals surface area (Å²) >= 11 is 5.87. The molecule has 0 spiro atoms. The molecule has 0 saturated carbocycles. The maximum absolute atomic E-state index is 14.8. The first-order valence-electron chi connectivity index (χ1n) is 7.42. The number of nitrogens with zero attached hydrogens (tertiary/aromatic N) is 1. The van der Waals surface area contributed by atoms with Crippen LogP contribution in [0.15, 0.2) is 24.3 Å². The van der Waals surface area contributed by atoms with Crippen molar-refractivity contribution in [1.82, 2.24) is 0 Å². The molecule has 0 N–H and O–H groups in total. The number of benzene rings is 2. The van der Waals surface area contributed by atoms with Crippen LogP contribution in [-0.4, -0.2) is 17.3 Å². The van der Waals surface area contributed by atoms with Gasteiger partial charge >= 0.3 is 18.0 Å². The standard InChI is InChI=1S/C17H10ClF7NO2/c1-8-5-9(2)14(11-4-3-10(26(27)28)7-13(11)18)12(6-8)15(19,16(20,21)22)17(23,24)25/h3-4,6-7H,1-2H3. The third kappa shape index (κ3) is 3.52. The van der Waals surface area contributed by atoms with E-state index in [1.807, 2.05) is 0 Å². The van der Waals surface area contributed by atoms with Crippen molar-refractivity contribution in [3.05, 3.63) is 62.2 Å². The normalized spacial score (nSPS) is 12.9. The van der Waals surface area contributed by atoms with Gasteiger partial charge in [0.15, 0.2) is 0 Å². The van der Waals surface area contributed by atoms with E-state index in [-0.39, 0.29) is 11.1 Å². The SMILES string of the molecule is Cc1[c]c(C)c(-c2ccc([N+](=O)[O-])cc2Cl)c(C(F)(C(F)(F)F)C(F)(F)F)c1. The number of hydrogen-bond acceptors (Lipinski definition) is 2. The van der Waals surface area contributed by atoms with Gasteiger partial charge in [-0.1, -0.05) is 17.7 Å². The number of alkyl halides is 7. The van der Waals surface area contributed by atoms with Crippen LogP contribution in [0.25, 0.3) is 11.1 Å². The predicted molar refractivity (Wildman–Crippen MR) is 86.7 cm³/mol. The summed E-state index contributed by atoms with van der Waals surface area (Å²) < 4.78 is 94.5. The highest BCUT2D eigenvalue weighted by Gasteiger charge is 2.74. The second-order valence-corrected chi connectivity index (χ2v) is 6.35. The Morgan fingerprint density at radius 1 is 1.00 bits per heavy atom. The maximum atomic E-state index is 14.8. The molecule has 0 amide bonds. The molecule has 0 bridgehead atoms. The van der Waals surface area contributed by atoms with Crippen molar-refractivity contribution < 1.29 is 35.7 Å². The molecule has 28 heavy (non-hydrogen) atoms. The molecule has 11 heteroatoms. The fraction of sp³-hybridized carbons (Fsp3) is 0.294. The summed E-state index contributed by atoms with van der Waals surface area (Å²) in [6.45, 7) is 2.29. The summed E-state index contributed by atoms with van der Waals surface area (Å²) in [6, 6.07) is 5.37. The van der Waals surface area contributed by atoms with Crippen molar-refractivity contribution >= 4 is 17.3 Å². The lowest BCUT2D eigenvalue weighted by atomic mass is 9.83. The summed E-state index contributed by atoms with van der Waals surface area (Å²) in [4.78, 5) is 9.93. The van der Waals surface area contributed by atoms with Crippen LogP contribution in [0, 0.1) is 30.0 Å². The Labute approximate surface area is 158 Å². The third-order valence-corrected chi connectivity index (χ3v) is 4.29. The first-order valence-corrected chi connectivity index (χ1v) is 7.79. The van der Waals surface area contributed by atoms with Crippen LogP contribution in [0.5, 0.6) is 0 Å². The van der Waals surface area contributed by atoms with Crippen LogP contribution >= 0.6 is 11.6 Å². The number of nitro groups is 1. The second kappa shape index (κ2) is 6.91. The fourth-order valence-electron chi connectivity index (χ4n) is 2.79. The monoisotopic (exact) mass is 428 g/mol. The van der Waals surface area contributed by atoms with Gasteiger partial charge in [0.1, 0.15) is 0 Å². The Morgan fingerprint density at radius 3 is 1.96 bits per heavy atom. The van der Waals surface area contributed by atoms with Crippen molar-refractivity contribution in [3.63, 3.8) is 0 Å². The molecular formula is C17H10ClF7NO2. The molecule has 2 aromatic carbocycles. The van der Waals surface area contributed by atoms with Crippen LogP contribution in [0.1, 0.15) is 16.7 Å². The number of halogens is 8. The summed E-state index contributed by atoms with van der Waals surface area (Å²) in [5.41, 5.74) is -9.55. The van der Waals surface area contributed by atoms with Crippen molar-refractivity contribution in [2.24, 2.45) is 0 Å². The number of rotatable bonds is 3. The van der Waals surface area contributed by atoms with E-state index in [1.54, 1.807) is 0 Å². The zero-order valence-corrected chi connectivity index (χ0v) is 14.9.